The first-order valence-electron chi connectivity index (χ1n) is 26.6. The third-order valence-corrected chi connectivity index (χ3v) is 14.9. The third kappa shape index (κ3) is 21.4. The summed E-state index contributed by atoms with van der Waals surface area (Å²) < 4.78 is 31.6. The van der Waals surface area contributed by atoms with Gasteiger partial charge in [0.2, 0.25) is 35.4 Å². The van der Waals surface area contributed by atoms with Gasteiger partial charge in [-0.3, -0.25) is 43.3 Å². The predicted molar refractivity (Wildman–Crippen MR) is 303 cm³/mol. The highest BCUT2D eigenvalue weighted by Crippen LogP contribution is 2.41. The molecule has 442 valence electrons. The molecule has 9 N–H and O–H groups in total. The number of benzene rings is 2. The highest BCUT2D eigenvalue weighted by atomic mass is 32.2. The fourth-order valence-electron chi connectivity index (χ4n) is 8.69. The van der Waals surface area contributed by atoms with Gasteiger partial charge in [0, 0.05) is 85.7 Å². The summed E-state index contributed by atoms with van der Waals surface area (Å²) in [5.74, 6) is -9.48. The molecule has 0 saturated carbocycles. The topological polar surface area (TPSA) is 309 Å². The number of hydrogen-bond acceptors (Lipinski definition) is 13. The zero-order valence-corrected chi connectivity index (χ0v) is 48.1. The maximum absolute atomic E-state index is 15.2. The van der Waals surface area contributed by atoms with E-state index in [-0.39, 0.29) is 78.8 Å². The van der Waals surface area contributed by atoms with Crippen LogP contribution in [0.1, 0.15) is 97.4 Å². The Labute approximate surface area is 478 Å². The quantitative estimate of drug-likeness (QED) is 0.0310. The SMILES string of the molecule is CC(C)[C@H](NC(=O)CCCCCN1C(=O)C=CC1=O)C(=O)N[C@@H](C)C(=O)N[C@@H](CSCC(=O)NC[C@@H](NC(=O)CCSCC(=O)N(CCCN)[C@@H](c1cc(-c2cc(F)ccc2F)cn1Cc1ccccc1)C(C)(C)C)C(=O)O)C(=O)O. The molecule has 21 nitrogen and oxygen atoms in total. The van der Waals surface area contributed by atoms with E-state index in [1.807, 2.05) is 55.7 Å². The number of hydrogen-bond donors (Lipinski definition) is 8. The van der Waals surface area contributed by atoms with Crippen LogP contribution in [0.3, 0.4) is 0 Å². The average Bonchev–Trinajstić information content (AvgIpc) is 4.08. The molecule has 0 spiro atoms. The number of nitrogens with two attached hydrogens (primary N) is 1. The number of rotatable bonds is 34. The number of carboxylic acids is 2. The van der Waals surface area contributed by atoms with Crippen LogP contribution in [0, 0.1) is 23.0 Å². The number of unbranched alkanes of at least 4 members (excludes halogenated alkanes) is 2. The molecule has 3 aromatic rings. The van der Waals surface area contributed by atoms with Gasteiger partial charge in [-0.25, -0.2) is 18.4 Å². The van der Waals surface area contributed by atoms with Crippen LogP contribution >= 0.6 is 23.5 Å². The van der Waals surface area contributed by atoms with E-state index in [4.69, 9.17) is 5.73 Å². The lowest BCUT2D eigenvalue weighted by Crippen LogP contribution is -2.56. The van der Waals surface area contributed by atoms with Crippen molar-refractivity contribution in [2.75, 3.05) is 49.2 Å². The first-order chi connectivity index (χ1) is 38.3. The van der Waals surface area contributed by atoms with E-state index in [0.29, 0.717) is 43.5 Å². The van der Waals surface area contributed by atoms with Crippen LogP contribution in [-0.4, -0.2) is 157 Å². The molecular weight excluding hydrogens is 1090 g/mol. The maximum atomic E-state index is 15.2. The first kappa shape index (κ1) is 66.4. The molecule has 1 aromatic heterocycles. The highest BCUT2D eigenvalue weighted by molar-refractivity contribution is 8.00. The fraction of sp³-hybridized carbons (Fsp3) is 0.500. The zero-order chi connectivity index (χ0) is 60.0. The van der Waals surface area contributed by atoms with Gasteiger partial charge in [-0.05, 0) is 73.9 Å². The minimum absolute atomic E-state index is 0.0625. The fourth-order valence-corrected chi connectivity index (χ4v) is 10.4. The summed E-state index contributed by atoms with van der Waals surface area (Å²) in [5, 5.41) is 31.9. The molecule has 0 fully saturated rings. The summed E-state index contributed by atoms with van der Waals surface area (Å²) in [7, 11) is 0. The minimum Gasteiger partial charge on any atom is -0.480 e. The summed E-state index contributed by atoms with van der Waals surface area (Å²) in [5.41, 5.74) is 7.48. The molecule has 0 radical (unpaired) electrons. The second-order valence-corrected chi connectivity index (χ2v) is 23.0. The zero-order valence-electron chi connectivity index (χ0n) is 46.5. The molecule has 1 aliphatic rings. The van der Waals surface area contributed by atoms with Crippen LogP contribution in [-0.2, 0) is 54.5 Å². The molecule has 4 rings (SSSR count). The summed E-state index contributed by atoms with van der Waals surface area (Å²) in [6.45, 7) is 11.2. The lowest BCUT2D eigenvalue weighted by atomic mass is 9.83. The number of imide groups is 1. The first-order valence-corrected chi connectivity index (χ1v) is 28.9. The largest absolute Gasteiger partial charge is 0.480 e. The van der Waals surface area contributed by atoms with Crippen molar-refractivity contribution in [3.63, 3.8) is 0 Å². The summed E-state index contributed by atoms with van der Waals surface area (Å²) >= 11 is 1.97. The van der Waals surface area contributed by atoms with Crippen molar-refractivity contribution < 1.29 is 66.9 Å². The van der Waals surface area contributed by atoms with Gasteiger partial charge in [-0.1, -0.05) is 71.4 Å². The number of nitrogens with one attached hydrogen (secondary N) is 5. The normalized spacial score (nSPS) is 14.2. The highest BCUT2D eigenvalue weighted by Gasteiger charge is 2.37. The standard InChI is InChI=1S/C56H75F2N9O12S2/c1-34(2)50(64-44(68)16-11-8-12-23-66-47(71)19-20-48(66)72)53(75)61-35(3)52(74)63-42(55(78)79)31-81-32-46(70)60-28-41(54(76)77)62-45(69)21-25-80-33-49(73)67(24-13-22-59)51(56(4,5)6)43-26-37(39-27-38(57)17-18-40(39)58)30-65(43)29-36-14-9-7-10-15-36/h7,9-10,14-15,17-20,26-27,30,34-35,41-42,50-51H,8,11-13,16,21-25,28-29,31-33,59H2,1-6H3,(H,60,70)(H,61,75)(H,62,69)(H,63,74)(H,64,68)(H,76,77)(H,78,79)/t35-,41+,42-,50-,51-/m0/s1. The molecule has 5 atom stereocenters. The molecule has 0 aliphatic carbocycles. The molecule has 0 saturated heterocycles. The Morgan fingerprint density at radius 3 is 2.04 bits per heavy atom. The number of thioether (sulfide) groups is 2. The van der Waals surface area contributed by atoms with Crippen molar-refractivity contribution in [3.05, 3.63) is 95.8 Å². The summed E-state index contributed by atoms with van der Waals surface area (Å²) in [6.07, 6.45) is 5.92. The van der Waals surface area contributed by atoms with Crippen molar-refractivity contribution in [3.8, 4) is 11.1 Å². The van der Waals surface area contributed by atoms with Crippen LogP contribution in [0.25, 0.3) is 11.1 Å². The number of carboxylic acid groups (broad SMARTS) is 2. The van der Waals surface area contributed by atoms with Gasteiger partial charge in [0.05, 0.1) is 17.5 Å². The van der Waals surface area contributed by atoms with Crippen molar-refractivity contribution in [1.29, 1.82) is 0 Å². The average molecular weight is 1170 g/mol. The number of carbonyl (C=O) groups is 10. The Morgan fingerprint density at radius 1 is 0.741 bits per heavy atom. The Balaban J connectivity index is 1.24. The molecule has 2 aromatic carbocycles. The van der Waals surface area contributed by atoms with Gasteiger partial charge in [0.25, 0.3) is 11.8 Å². The van der Waals surface area contributed by atoms with E-state index in [1.54, 1.807) is 31.0 Å². The third-order valence-electron chi connectivity index (χ3n) is 12.9. The summed E-state index contributed by atoms with van der Waals surface area (Å²) in [6, 6.07) is 8.67. The summed E-state index contributed by atoms with van der Waals surface area (Å²) in [4.78, 5) is 129. The van der Waals surface area contributed by atoms with Gasteiger partial charge >= 0.3 is 11.9 Å². The molecule has 25 heteroatoms. The Kier molecular flexibility index (Phi) is 26.5. The van der Waals surface area contributed by atoms with Gasteiger partial charge in [-0.15, -0.1) is 11.8 Å². The predicted octanol–water partition coefficient (Wildman–Crippen LogP) is 3.99. The van der Waals surface area contributed by atoms with Crippen LogP contribution in [0.15, 0.2) is 72.9 Å². The number of amides is 8. The van der Waals surface area contributed by atoms with E-state index < -0.39 is 101 Å². The van der Waals surface area contributed by atoms with Crippen LogP contribution in [0.2, 0.25) is 0 Å². The lowest BCUT2D eigenvalue weighted by Gasteiger charge is -2.41. The van der Waals surface area contributed by atoms with Crippen LogP contribution in [0.4, 0.5) is 8.78 Å². The van der Waals surface area contributed by atoms with Crippen molar-refractivity contribution in [1.82, 2.24) is 41.0 Å². The molecule has 0 unspecified atom stereocenters. The van der Waals surface area contributed by atoms with Gasteiger partial charge in [0.15, 0.2) is 0 Å². The van der Waals surface area contributed by atoms with E-state index in [9.17, 15) is 62.5 Å². The lowest BCUT2D eigenvalue weighted by molar-refractivity contribution is -0.142. The van der Waals surface area contributed by atoms with Gasteiger partial charge < -0.3 is 52.0 Å². The van der Waals surface area contributed by atoms with Crippen molar-refractivity contribution in [2.45, 2.75) is 117 Å². The van der Waals surface area contributed by atoms with Gasteiger partial charge in [-0.2, -0.15) is 11.8 Å². The van der Waals surface area contributed by atoms with E-state index in [1.165, 1.54) is 19.1 Å². The molecular formula is C56H75F2N9O12S2. The molecule has 8 amide bonds. The monoisotopic (exact) mass is 1170 g/mol. The molecule has 81 heavy (non-hydrogen) atoms. The Hall–Kier alpha value is -7.12. The van der Waals surface area contributed by atoms with Gasteiger partial charge in [0.1, 0.15) is 35.8 Å². The van der Waals surface area contributed by atoms with Crippen molar-refractivity contribution >= 4 is 82.7 Å². The number of halogens is 2. The smallest absolute Gasteiger partial charge is 0.328 e. The molecule has 1 aliphatic heterocycles. The second kappa shape index (κ2) is 32.4. The maximum Gasteiger partial charge on any atom is 0.328 e. The van der Waals surface area contributed by atoms with E-state index >= 15 is 4.39 Å². The van der Waals surface area contributed by atoms with Crippen LogP contribution in [0.5, 0.6) is 0 Å². The number of nitrogens with zero attached hydrogens (tertiary/aromatic N) is 3. The van der Waals surface area contributed by atoms with Crippen LogP contribution < -0.4 is 32.3 Å². The second-order valence-electron chi connectivity index (χ2n) is 20.9. The number of aromatic nitrogens is 1. The van der Waals surface area contributed by atoms with E-state index in [0.717, 1.165) is 52.2 Å². The Morgan fingerprint density at radius 2 is 1.41 bits per heavy atom. The Bertz CT molecular complexity index is 2720. The molecule has 2 heterocycles. The van der Waals surface area contributed by atoms with Crippen molar-refractivity contribution in [2.24, 2.45) is 17.1 Å². The van der Waals surface area contributed by atoms with E-state index in [2.05, 4.69) is 26.6 Å². The number of aliphatic carboxylic acids is 2. The molecule has 0 bridgehead atoms. The number of carbonyl (C=O) groups excluding carboxylic acids is 8. The minimum atomic E-state index is -1.54.